The molecular formula is C20H18IN3O10S. The van der Waals surface area contributed by atoms with Gasteiger partial charge in [-0.1, -0.05) is 18.2 Å². The Balaban J connectivity index is 1.79. The molecule has 1 fully saturated rings. The smallest absolute Gasteiger partial charge is 0.338 e. The molecular weight excluding hydrogens is 601 g/mol. The average molecular weight is 619 g/mol. The zero-order chi connectivity index (χ0) is 25.5. The van der Waals surface area contributed by atoms with Crippen LogP contribution in [0.2, 0.25) is 0 Å². The number of esters is 2. The Morgan fingerprint density at radius 1 is 1.26 bits per heavy atom. The van der Waals surface area contributed by atoms with Crippen LogP contribution in [0.3, 0.4) is 0 Å². The van der Waals surface area contributed by atoms with E-state index in [0.717, 1.165) is 17.7 Å². The van der Waals surface area contributed by atoms with Gasteiger partial charge < -0.3 is 19.9 Å². The number of aromatic amines is 1. The number of hydrogen-bond donors (Lipinski definition) is 2. The number of halogens is 1. The van der Waals surface area contributed by atoms with Crippen LogP contribution >= 0.6 is 22.6 Å². The van der Waals surface area contributed by atoms with E-state index in [1.165, 1.54) is 12.1 Å². The molecule has 1 spiro atoms. The highest BCUT2D eigenvalue weighted by molar-refractivity contribution is 14.1. The van der Waals surface area contributed by atoms with Gasteiger partial charge in [0.1, 0.15) is 12.7 Å². The topological polar surface area (TPSA) is 186 Å². The molecule has 0 amide bonds. The summed E-state index contributed by atoms with van der Waals surface area (Å²) in [7, 11) is -4.36. The standard InChI is InChI=1S/C20H18IN3O10S/c1-10(25)32-15-17(24-7-12(21)16(26)23-19(24)28)33-14(20(15)13(22)9-35(29,30)34-20)8-31-18(27)11-5-3-2-4-6-11/h2-7,9,14-15,17H,8,22H2,1H3,(H,23,26,28)/t14-,15+,17-,20-/m1/s1. The van der Waals surface area contributed by atoms with Gasteiger partial charge in [0.2, 0.25) is 0 Å². The lowest BCUT2D eigenvalue weighted by Gasteiger charge is -2.33. The third kappa shape index (κ3) is 4.63. The van der Waals surface area contributed by atoms with Crippen molar-refractivity contribution in [3.63, 3.8) is 0 Å². The summed E-state index contributed by atoms with van der Waals surface area (Å²) in [4.78, 5) is 51.0. The SMILES string of the molecule is CC(=O)O[C@H]1[C@H](n2cc(I)c(=O)[nH]c2=O)O[C@H](COC(=O)c2ccccc2)[C@@]12OS(=O)(=O)C=C2N. The molecule has 186 valence electrons. The van der Waals surface area contributed by atoms with Crippen LogP contribution in [0.1, 0.15) is 23.5 Å². The Labute approximate surface area is 211 Å². The Hall–Kier alpha value is -3.02. The maximum absolute atomic E-state index is 12.6. The van der Waals surface area contributed by atoms with Gasteiger partial charge in [-0.3, -0.25) is 19.1 Å². The molecule has 2 aliphatic rings. The van der Waals surface area contributed by atoms with Gasteiger partial charge in [-0.2, -0.15) is 8.42 Å². The Bertz CT molecular complexity index is 1440. The number of nitrogens with two attached hydrogens (primary N) is 1. The number of aromatic nitrogens is 2. The summed E-state index contributed by atoms with van der Waals surface area (Å²) >= 11 is 1.67. The number of hydrogen-bond acceptors (Lipinski definition) is 11. The van der Waals surface area contributed by atoms with Crippen molar-refractivity contribution in [1.82, 2.24) is 9.55 Å². The van der Waals surface area contributed by atoms with Gasteiger partial charge in [-0.25, -0.2) is 13.8 Å². The van der Waals surface area contributed by atoms with Crippen LogP contribution in [-0.4, -0.2) is 54.3 Å². The molecule has 3 heterocycles. The first-order valence-electron chi connectivity index (χ1n) is 9.93. The molecule has 0 saturated carbocycles. The summed E-state index contributed by atoms with van der Waals surface area (Å²) in [6.07, 6.45) is -3.42. The highest BCUT2D eigenvalue weighted by Crippen LogP contribution is 2.48. The largest absolute Gasteiger partial charge is 0.459 e. The maximum Gasteiger partial charge on any atom is 0.338 e. The minimum absolute atomic E-state index is 0.0869. The fraction of sp³-hybridized carbons (Fsp3) is 0.300. The van der Waals surface area contributed by atoms with Crippen LogP contribution < -0.4 is 17.0 Å². The molecule has 13 nitrogen and oxygen atoms in total. The van der Waals surface area contributed by atoms with Crippen molar-refractivity contribution in [1.29, 1.82) is 0 Å². The van der Waals surface area contributed by atoms with Gasteiger partial charge in [-0.15, -0.1) is 0 Å². The second-order valence-corrected chi connectivity index (χ2v) is 10.1. The summed E-state index contributed by atoms with van der Waals surface area (Å²) in [5.41, 5.74) is 2.11. The van der Waals surface area contributed by atoms with Gasteiger partial charge in [0, 0.05) is 13.1 Å². The second-order valence-electron chi connectivity index (χ2n) is 7.60. The lowest BCUT2D eigenvalue weighted by atomic mass is 9.89. The highest BCUT2D eigenvalue weighted by atomic mass is 127. The predicted octanol–water partition coefficient (Wildman–Crippen LogP) is -0.274. The van der Waals surface area contributed by atoms with E-state index in [1.807, 2.05) is 0 Å². The average Bonchev–Trinajstić information content (AvgIpc) is 3.21. The zero-order valence-electron chi connectivity index (χ0n) is 17.9. The normalized spacial score (nSPS) is 26.9. The lowest BCUT2D eigenvalue weighted by Crippen LogP contribution is -2.55. The fourth-order valence-corrected chi connectivity index (χ4v) is 5.52. The Morgan fingerprint density at radius 3 is 2.54 bits per heavy atom. The van der Waals surface area contributed by atoms with Crippen LogP contribution in [0, 0.1) is 3.57 Å². The van der Waals surface area contributed by atoms with Crippen LogP contribution in [0.4, 0.5) is 0 Å². The van der Waals surface area contributed by atoms with Crippen molar-refractivity contribution in [3.05, 3.63) is 77.6 Å². The number of carbonyl (C=O) groups is 2. The molecule has 0 unspecified atom stereocenters. The molecule has 1 saturated heterocycles. The van der Waals surface area contributed by atoms with E-state index in [1.54, 1.807) is 40.8 Å². The molecule has 4 rings (SSSR count). The van der Waals surface area contributed by atoms with E-state index >= 15 is 0 Å². The minimum Gasteiger partial charge on any atom is -0.459 e. The van der Waals surface area contributed by atoms with E-state index in [2.05, 4.69) is 4.98 Å². The number of carbonyl (C=O) groups excluding carboxylic acids is 2. The van der Waals surface area contributed by atoms with Gasteiger partial charge in [0.05, 0.1) is 20.2 Å². The number of nitrogens with one attached hydrogen (secondary N) is 1. The maximum atomic E-state index is 12.6. The third-order valence-electron chi connectivity index (χ3n) is 5.31. The predicted molar refractivity (Wildman–Crippen MR) is 125 cm³/mol. The van der Waals surface area contributed by atoms with Crippen molar-refractivity contribution in [3.8, 4) is 0 Å². The van der Waals surface area contributed by atoms with Crippen LogP contribution in [0.15, 0.2) is 57.2 Å². The Morgan fingerprint density at radius 2 is 1.94 bits per heavy atom. The summed E-state index contributed by atoms with van der Waals surface area (Å²) in [6.45, 7) is 0.470. The summed E-state index contributed by atoms with van der Waals surface area (Å²) < 4.78 is 47.5. The van der Waals surface area contributed by atoms with Crippen molar-refractivity contribution in [2.24, 2.45) is 5.73 Å². The molecule has 2 aromatic rings. The molecule has 1 aromatic heterocycles. The van der Waals surface area contributed by atoms with Crippen molar-refractivity contribution in [2.45, 2.75) is 31.0 Å². The second kappa shape index (κ2) is 9.21. The molecule has 3 N–H and O–H groups in total. The third-order valence-corrected chi connectivity index (χ3v) is 7.13. The van der Waals surface area contributed by atoms with E-state index in [0.29, 0.717) is 5.41 Å². The molecule has 35 heavy (non-hydrogen) atoms. The first kappa shape index (κ1) is 25.1. The molecule has 1 aromatic carbocycles. The first-order valence-corrected chi connectivity index (χ1v) is 12.5. The summed E-state index contributed by atoms with van der Waals surface area (Å²) in [5.74, 6) is -1.62. The van der Waals surface area contributed by atoms with Crippen molar-refractivity contribution in [2.75, 3.05) is 6.61 Å². The number of H-pyrrole nitrogens is 1. The van der Waals surface area contributed by atoms with Gasteiger partial charge >= 0.3 is 17.6 Å². The summed E-state index contributed by atoms with van der Waals surface area (Å²) in [5, 5.41) is 0.626. The molecule has 15 heteroatoms. The van der Waals surface area contributed by atoms with Crippen molar-refractivity contribution < 1.29 is 36.4 Å². The van der Waals surface area contributed by atoms with Crippen LogP contribution in [0.5, 0.6) is 0 Å². The van der Waals surface area contributed by atoms with E-state index in [4.69, 9.17) is 24.1 Å². The number of benzene rings is 1. The van der Waals surface area contributed by atoms with E-state index in [9.17, 15) is 27.6 Å². The van der Waals surface area contributed by atoms with E-state index < -0.39 is 63.9 Å². The van der Waals surface area contributed by atoms with Gasteiger partial charge in [-0.05, 0) is 34.7 Å². The monoisotopic (exact) mass is 619 g/mol. The summed E-state index contributed by atoms with van der Waals surface area (Å²) in [6, 6.07) is 7.95. The van der Waals surface area contributed by atoms with Crippen LogP contribution in [0.25, 0.3) is 0 Å². The molecule has 4 atom stereocenters. The minimum atomic E-state index is -4.36. The van der Waals surface area contributed by atoms with Gasteiger partial charge in [0.25, 0.3) is 15.7 Å². The first-order chi connectivity index (χ1) is 16.4. The van der Waals surface area contributed by atoms with Gasteiger partial charge in [0.15, 0.2) is 17.9 Å². The fourth-order valence-electron chi connectivity index (χ4n) is 3.86. The molecule has 0 bridgehead atoms. The lowest BCUT2D eigenvalue weighted by molar-refractivity contribution is -0.158. The quantitative estimate of drug-likeness (QED) is 0.255. The van der Waals surface area contributed by atoms with Crippen molar-refractivity contribution >= 4 is 44.6 Å². The number of rotatable bonds is 5. The van der Waals surface area contributed by atoms with E-state index in [-0.39, 0.29) is 14.8 Å². The highest BCUT2D eigenvalue weighted by Gasteiger charge is 2.67. The zero-order valence-corrected chi connectivity index (χ0v) is 20.8. The number of nitrogens with zero attached hydrogens (tertiary/aromatic N) is 1. The van der Waals surface area contributed by atoms with Crippen LogP contribution in [-0.2, 0) is 33.3 Å². The molecule has 0 radical (unpaired) electrons. The molecule has 0 aliphatic carbocycles. The number of ether oxygens (including phenoxy) is 3. The molecule has 2 aliphatic heterocycles. The Kier molecular flexibility index (Phi) is 6.60.